The molecule has 2 rings (SSSR count). The van der Waals surface area contributed by atoms with Crippen molar-refractivity contribution in [3.63, 3.8) is 0 Å². The molecule has 1 saturated carbocycles. The summed E-state index contributed by atoms with van der Waals surface area (Å²) in [7, 11) is 0. The number of rotatable bonds is 3. The molecule has 1 aliphatic carbocycles. The van der Waals surface area contributed by atoms with Crippen molar-refractivity contribution in [3.05, 3.63) is 41.0 Å². The second-order valence-electron chi connectivity index (χ2n) is 4.85. The van der Waals surface area contributed by atoms with E-state index in [-0.39, 0.29) is 0 Å². The van der Waals surface area contributed by atoms with Crippen LogP contribution >= 0.6 is 0 Å². The summed E-state index contributed by atoms with van der Waals surface area (Å²) in [6.45, 7) is 8.16. The third kappa shape index (κ3) is 1.82. The molecule has 16 heavy (non-hydrogen) atoms. The van der Waals surface area contributed by atoms with E-state index >= 15 is 0 Å². The van der Waals surface area contributed by atoms with E-state index in [9.17, 15) is 0 Å². The molecule has 0 heterocycles. The Bertz CT molecular complexity index is 439. The normalized spacial score (nSPS) is 15.6. The van der Waals surface area contributed by atoms with Crippen LogP contribution in [0.25, 0.3) is 5.57 Å². The van der Waals surface area contributed by atoms with Crippen molar-refractivity contribution in [2.75, 3.05) is 0 Å². The van der Waals surface area contributed by atoms with Crippen LogP contribution < -0.4 is 0 Å². The van der Waals surface area contributed by atoms with Gasteiger partial charge in [0.15, 0.2) is 0 Å². The molecular weight excluding hydrogens is 194 g/mol. The lowest BCUT2D eigenvalue weighted by molar-refractivity contribution is 0.419. The van der Waals surface area contributed by atoms with Gasteiger partial charge in [-0.3, -0.25) is 0 Å². The predicted molar refractivity (Wildman–Crippen MR) is 70.4 cm³/mol. The fourth-order valence-electron chi connectivity index (χ4n) is 2.40. The minimum Gasteiger partial charge on any atom is -0.308 e. The van der Waals surface area contributed by atoms with Crippen LogP contribution in [0.2, 0.25) is 0 Å². The standard InChI is InChI=1S/C15H19N/c1-10(2)14-8-13(9-16)15(7-11(14)3)12-5-4-6-12/h7-9,12,16H,1,4-6H2,2-3H3. The Balaban J connectivity index is 2.49. The first-order valence-corrected chi connectivity index (χ1v) is 5.94. The van der Waals surface area contributed by atoms with Crippen LogP contribution in [0.15, 0.2) is 18.7 Å². The van der Waals surface area contributed by atoms with Gasteiger partial charge in [-0.15, -0.1) is 0 Å². The van der Waals surface area contributed by atoms with Gasteiger partial charge < -0.3 is 5.41 Å². The fourth-order valence-corrected chi connectivity index (χ4v) is 2.40. The van der Waals surface area contributed by atoms with Crippen LogP contribution in [0.3, 0.4) is 0 Å². The van der Waals surface area contributed by atoms with Crippen LogP contribution in [0.1, 0.15) is 54.4 Å². The van der Waals surface area contributed by atoms with E-state index in [1.165, 1.54) is 42.2 Å². The molecule has 1 aromatic carbocycles. The van der Waals surface area contributed by atoms with Crippen molar-refractivity contribution in [1.29, 1.82) is 5.41 Å². The molecular formula is C15H19N. The molecule has 1 fully saturated rings. The molecule has 1 aliphatic rings. The number of benzene rings is 1. The highest BCUT2D eigenvalue weighted by Gasteiger charge is 2.22. The molecule has 1 nitrogen and oxygen atoms in total. The molecule has 0 spiro atoms. The van der Waals surface area contributed by atoms with Crippen LogP contribution in [0, 0.1) is 12.3 Å². The number of allylic oxidation sites excluding steroid dienone is 1. The van der Waals surface area contributed by atoms with Crippen molar-refractivity contribution in [3.8, 4) is 0 Å². The zero-order valence-corrected chi connectivity index (χ0v) is 10.1. The number of hydrogen-bond donors (Lipinski definition) is 1. The van der Waals surface area contributed by atoms with E-state index in [2.05, 4.69) is 25.6 Å². The average molecular weight is 213 g/mol. The molecule has 1 aromatic rings. The van der Waals surface area contributed by atoms with Gasteiger partial charge in [0.1, 0.15) is 0 Å². The fraction of sp³-hybridized carbons (Fsp3) is 0.400. The first kappa shape index (κ1) is 11.1. The minimum absolute atomic E-state index is 0.689. The van der Waals surface area contributed by atoms with E-state index in [1.54, 1.807) is 0 Å². The molecule has 1 heteroatoms. The topological polar surface area (TPSA) is 23.9 Å². The summed E-state index contributed by atoms with van der Waals surface area (Å²) in [5, 5.41) is 7.53. The van der Waals surface area contributed by atoms with Gasteiger partial charge in [-0.2, -0.15) is 0 Å². The second kappa shape index (κ2) is 4.25. The van der Waals surface area contributed by atoms with E-state index in [0.717, 1.165) is 11.1 Å². The molecule has 0 bridgehead atoms. The molecule has 84 valence electrons. The monoisotopic (exact) mass is 213 g/mol. The van der Waals surface area contributed by atoms with Crippen molar-refractivity contribution in [1.82, 2.24) is 0 Å². The molecule has 0 aromatic heterocycles. The lowest BCUT2D eigenvalue weighted by Gasteiger charge is -2.28. The molecule has 0 radical (unpaired) electrons. The van der Waals surface area contributed by atoms with Crippen LogP contribution in [-0.2, 0) is 0 Å². The zero-order chi connectivity index (χ0) is 11.7. The summed E-state index contributed by atoms with van der Waals surface area (Å²) in [5.41, 5.74) is 6.01. The largest absolute Gasteiger partial charge is 0.308 e. The van der Waals surface area contributed by atoms with Crippen molar-refractivity contribution >= 4 is 11.8 Å². The van der Waals surface area contributed by atoms with E-state index < -0.39 is 0 Å². The summed E-state index contributed by atoms with van der Waals surface area (Å²) >= 11 is 0. The van der Waals surface area contributed by atoms with Crippen molar-refractivity contribution in [2.45, 2.75) is 39.0 Å². The van der Waals surface area contributed by atoms with Gasteiger partial charge in [-0.05, 0) is 60.9 Å². The first-order chi connectivity index (χ1) is 7.63. The lowest BCUT2D eigenvalue weighted by Crippen LogP contribution is -2.12. The highest BCUT2D eigenvalue weighted by molar-refractivity contribution is 5.83. The Morgan fingerprint density at radius 3 is 2.56 bits per heavy atom. The number of hydrogen-bond acceptors (Lipinski definition) is 1. The Morgan fingerprint density at radius 2 is 2.12 bits per heavy atom. The molecule has 0 saturated heterocycles. The second-order valence-corrected chi connectivity index (χ2v) is 4.85. The van der Waals surface area contributed by atoms with E-state index in [1.807, 2.05) is 6.92 Å². The maximum Gasteiger partial charge on any atom is 0.0253 e. The van der Waals surface area contributed by atoms with Crippen LogP contribution in [0.5, 0.6) is 0 Å². The SMILES string of the molecule is C=C(C)c1cc(C=N)c(C2CCC2)cc1C. The Labute approximate surface area is 97.7 Å². The molecule has 0 unspecified atom stereocenters. The Kier molecular flexibility index (Phi) is 2.95. The number of nitrogens with one attached hydrogen (secondary N) is 1. The van der Waals surface area contributed by atoms with Gasteiger partial charge >= 0.3 is 0 Å². The van der Waals surface area contributed by atoms with Gasteiger partial charge in [0.2, 0.25) is 0 Å². The molecule has 1 N–H and O–H groups in total. The van der Waals surface area contributed by atoms with Crippen LogP contribution in [-0.4, -0.2) is 6.21 Å². The average Bonchev–Trinajstić information content (AvgIpc) is 2.14. The summed E-state index contributed by atoms with van der Waals surface area (Å²) in [6.07, 6.45) is 5.39. The van der Waals surface area contributed by atoms with Gasteiger partial charge in [-0.1, -0.05) is 24.6 Å². The van der Waals surface area contributed by atoms with Crippen molar-refractivity contribution in [2.24, 2.45) is 0 Å². The maximum absolute atomic E-state index is 7.53. The predicted octanol–water partition coefficient (Wildman–Crippen LogP) is 4.29. The molecule has 0 amide bonds. The summed E-state index contributed by atoms with van der Waals surface area (Å²) in [4.78, 5) is 0. The van der Waals surface area contributed by atoms with Crippen LogP contribution in [0.4, 0.5) is 0 Å². The summed E-state index contributed by atoms with van der Waals surface area (Å²) in [5.74, 6) is 0.689. The van der Waals surface area contributed by atoms with Gasteiger partial charge in [-0.25, -0.2) is 0 Å². The van der Waals surface area contributed by atoms with Gasteiger partial charge in [0, 0.05) is 6.21 Å². The first-order valence-electron chi connectivity index (χ1n) is 5.94. The van der Waals surface area contributed by atoms with Gasteiger partial charge in [0.05, 0.1) is 0 Å². The highest BCUT2D eigenvalue weighted by atomic mass is 14.3. The van der Waals surface area contributed by atoms with Crippen molar-refractivity contribution < 1.29 is 0 Å². The lowest BCUT2D eigenvalue weighted by atomic mass is 9.77. The minimum atomic E-state index is 0.689. The smallest absolute Gasteiger partial charge is 0.0253 e. The summed E-state index contributed by atoms with van der Waals surface area (Å²) in [6, 6.07) is 4.38. The van der Waals surface area contributed by atoms with E-state index in [4.69, 9.17) is 5.41 Å². The van der Waals surface area contributed by atoms with Gasteiger partial charge in [0.25, 0.3) is 0 Å². The van der Waals surface area contributed by atoms with E-state index in [0.29, 0.717) is 5.92 Å². The highest BCUT2D eigenvalue weighted by Crippen LogP contribution is 2.39. The number of aryl methyl sites for hydroxylation is 1. The third-order valence-corrected chi connectivity index (χ3v) is 3.59. The summed E-state index contributed by atoms with van der Waals surface area (Å²) < 4.78 is 0. The maximum atomic E-state index is 7.53. The Morgan fingerprint density at radius 1 is 1.44 bits per heavy atom. The third-order valence-electron chi connectivity index (χ3n) is 3.59. The molecule has 0 atom stereocenters. The zero-order valence-electron chi connectivity index (χ0n) is 10.1. The molecule has 0 aliphatic heterocycles. The Hall–Kier alpha value is -1.37. The quantitative estimate of drug-likeness (QED) is 0.724.